The highest BCUT2D eigenvalue weighted by Crippen LogP contribution is 2.55. The van der Waals surface area contributed by atoms with Crippen LogP contribution in [0.2, 0.25) is 0 Å². The average Bonchev–Trinajstić information content (AvgIpc) is 2.80. The molecule has 0 spiro atoms. The minimum Gasteiger partial charge on any atom is -0.462 e. The van der Waals surface area contributed by atoms with E-state index in [-0.39, 0.29) is 36.0 Å². The lowest BCUT2D eigenvalue weighted by atomic mass is 9.90. The van der Waals surface area contributed by atoms with Crippen LogP contribution >= 0.6 is 0 Å². The molecular formula is C15H16O4. The molecule has 0 N–H and O–H groups in total. The minimum atomic E-state index is -0.281. The van der Waals surface area contributed by atoms with Gasteiger partial charge in [0, 0.05) is 19.8 Å². The maximum absolute atomic E-state index is 11.3. The van der Waals surface area contributed by atoms with Gasteiger partial charge in [0.25, 0.3) is 0 Å². The van der Waals surface area contributed by atoms with Crippen molar-refractivity contribution in [1.82, 2.24) is 0 Å². The number of benzene rings is 1. The molecular weight excluding hydrogens is 244 g/mol. The second-order valence-electron chi connectivity index (χ2n) is 5.22. The zero-order chi connectivity index (χ0) is 13.6. The molecule has 0 aromatic heterocycles. The van der Waals surface area contributed by atoms with Crippen molar-refractivity contribution in [2.75, 3.05) is 0 Å². The fraction of sp³-hybridized carbons (Fsp3) is 0.467. The van der Waals surface area contributed by atoms with Crippen molar-refractivity contribution in [3.8, 4) is 0 Å². The summed E-state index contributed by atoms with van der Waals surface area (Å²) in [6.45, 7) is 2.84. The molecule has 4 heteroatoms. The molecule has 0 aliphatic heterocycles. The molecule has 0 amide bonds. The molecule has 3 rings (SSSR count). The molecule has 19 heavy (non-hydrogen) atoms. The van der Waals surface area contributed by atoms with Crippen LogP contribution in [0.15, 0.2) is 24.3 Å². The third kappa shape index (κ3) is 1.91. The summed E-state index contributed by atoms with van der Waals surface area (Å²) in [6, 6.07) is 8.06. The summed E-state index contributed by atoms with van der Waals surface area (Å²) in [6.07, 6.45) is 0.361. The van der Waals surface area contributed by atoms with E-state index in [0.717, 1.165) is 12.0 Å². The molecule has 100 valence electrons. The molecule has 1 aromatic rings. The van der Waals surface area contributed by atoms with Crippen molar-refractivity contribution < 1.29 is 19.1 Å². The van der Waals surface area contributed by atoms with Crippen LogP contribution in [0, 0.1) is 0 Å². The highest BCUT2D eigenvalue weighted by molar-refractivity contribution is 5.68. The molecule has 4 atom stereocenters. The first kappa shape index (κ1) is 12.2. The summed E-state index contributed by atoms with van der Waals surface area (Å²) < 4.78 is 10.8. The molecule has 0 unspecified atom stereocenters. The summed E-state index contributed by atoms with van der Waals surface area (Å²) in [5, 5.41) is 0. The number of esters is 2. The van der Waals surface area contributed by atoms with Gasteiger partial charge in [-0.2, -0.15) is 0 Å². The Morgan fingerprint density at radius 2 is 1.68 bits per heavy atom. The van der Waals surface area contributed by atoms with Gasteiger partial charge in [0.15, 0.2) is 0 Å². The predicted molar refractivity (Wildman–Crippen MR) is 67.6 cm³/mol. The Labute approximate surface area is 111 Å². The lowest BCUT2D eigenvalue weighted by molar-refractivity contribution is -0.149. The number of rotatable bonds is 2. The Morgan fingerprint density at radius 3 is 2.32 bits per heavy atom. The van der Waals surface area contributed by atoms with E-state index in [1.807, 2.05) is 18.2 Å². The van der Waals surface area contributed by atoms with Gasteiger partial charge in [0.05, 0.1) is 5.92 Å². The fourth-order valence-corrected chi connectivity index (χ4v) is 3.51. The third-order valence-electron chi connectivity index (χ3n) is 4.01. The van der Waals surface area contributed by atoms with Crippen molar-refractivity contribution in [3.63, 3.8) is 0 Å². The normalized spacial score (nSPS) is 30.8. The second-order valence-corrected chi connectivity index (χ2v) is 5.22. The monoisotopic (exact) mass is 260 g/mol. The van der Waals surface area contributed by atoms with Crippen molar-refractivity contribution in [2.24, 2.45) is 0 Å². The lowest BCUT2D eigenvalue weighted by Gasteiger charge is -2.23. The smallest absolute Gasteiger partial charge is 0.302 e. The van der Waals surface area contributed by atoms with E-state index in [2.05, 4.69) is 6.07 Å². The number of hydrogen-bond acceptors (Lipinski definition) is 4. The van der Waals surface area contributed by atoms with Crippen LogP contribution in [0.25, 0.3) is 0 Å². The Bertz CT molecular complexity index is 537. The van der Waals surface area contributed by atoms with E-state index >= 15 is 0 Å². The standard InChI is InChI=1S/C15H16O4/c1-8(16)18-13-7-12-10-5-3-4-6-11(10)14(13)15(12)19-9(2)17/h3-6,12-15H,7H2,1-2H3/t12-,13+,14-,15+/m1/s1. The first-order valence-corrected chi connectivity index (χ1v) is 6.51. The van der Waals surface area contributed by atoms with Gasteiger partial charge >= 0.3 is 11.9 Å². The first-order chi connectivity index (χ1) is 9.08. The maximum Gasteiger partial charge on any atom is 0.302 e. The molecule has 1 aromatic carbocycles. The predicted octanol–water partition coefficient (Wildman–Crippen LogP) is 2.13. The molecule has 0 saturated heterocycles. The highest BCUT2D eigenvalue weighted by Gasteiger charge is 2.54. The number of hydrogen-bond donors (Lipinski definition) is 0. The van der Waals surface area contributed by atoms with Gasteiger partial charge in [-0.1, -0.05) is 24.3 Å². The van der Waals surface area contributed by atoms with Crippen molar-refractivity contribution >= 4 is 11.9 Å². The van der Waals surface area contributed by atoms with Crippen LogP contribution in [0.5, 0.6) is 0 Å². The topological polar surface area (TPSA) is 52.6 Å². The first-order valence-electron chi connectivity index (χ1n) is 6.51. The summed E-state index contributed by atoms with van der Waals surface area (Å²) in [4.78, 5) is 22.5. The molecule has 1 saturated carbocycles. The van der Waals surface area contributed by atoms with Crippen LogP contribution < -0.4 is 0 Å². The van der Waals surface area contributed by atoms with E-state index in [1.165, 1.54) is 19.4 Å². The number of carbonyl (C=O) groups is 2. The third-order valence-corrected chi connectivity index (χ3v) is 4.01. The average molecular weight is 260 g/mol. The summed E-state index contributed by atoms with van der Waals surface area (Å²) in [7, 11) is 0. The van der Waals surface area contributed by atoms with E-state index in [4.69, 9.17) is 9.47 Å². The van der Waals surface area contributed by atoms with Crippen LogP contribution in [-0.4, -0.2) is 24.1 Å². The molecule has 0 radical (unpaired) electrons. The molecule has 2 aliphatic carbocycles. The van der Waals surface area contributed by atoms with E-state index in [1.54, 1.807) is 0 Å². The van der Waals surface area contributed by atoms with Gasteiger partial charge in [-0.05, 0) is 17.5 Å². The highest BCUT2D eigenvalue weighted by atomic mass is 16.6. The van der Waals surface area contributed by atoms with Gasteiger partial charge < -0.3 is 9.47 Å². The Morgan fingerprint density at radius 1 is 1.05 bits per heavy atom. The van der Waals surface area contributed by atoms with Gasteiger partial charge in [-0.3, -0.25) is 9.59 Å². The zero-order valence-corrected chi connectivity index (χ0v) is 11.0. The van der Waals surface area contributed by atoms with Crippen LogP contribution in [0.4, 0.5) is 0 Å². The maximum atomic E-state index is 11.3. The Balaban J connectivity index is 1.95. The quantitative estimate of drug-likeness (QED) is 0.764. The van der Waals surface area contributed by atoms with Gasteiger partial charge in [-0.25, -0.2) is 0 Å². The molecule has 4 nitrogen and oxygen atoms in total. The van der Waals surface area contributed by atoms with Crippen molar-refractivity contribution in [3.05, 3.63) is 35.4 Å². The van der Waals surface area contributed by atoms with Gasteiger partial charge in [0.1, 0.15) is 12.2 Å². The summed E-state index contributed by atoms with van der Waals surface area (Å²) in [5.41, 5.74) is 2.37. The minimum absolute atomic E-state index is 0.0194. The number of ether oxygens (including phenoxy) is 2. The van der Waals surface area contributed by atoms with Crippen LogP contribution in [0.1, 0.15) is 43.2 Å². The lowest BCUT2D eigenvalue weighted by Crippen LogP contribution is -2.26. The molecule has 2 bridgehead atoms. The van der Waals surface area contributed by atoms with E-state index in [0.29, 0.717) is 0 Å². The molecule has 0 heterocycles. The second kappa shape index (κ2) is 4.37. The SMILES string of the molecule is CC(=O)O[C@@H]1[C@@H]2c3ccccc3[C@H]1C[C@@H]2OC(C)=O. The Kier molecular flexibility index (Phi) is 2.81. The van der Waals surface area contributed by atoms with Gasteiger partial charge in [-0.15, -0.1) is 0 Å². The largest absolute Gasteiger partial charge is 0.462 e. The fourth-order valence-electron chi connectivity index (χ4n) is 3.51. The van der Waals surface area contributed by atoms with Crippen LogP contribution in [0.3, 0.4) is 0 Å². The van der Waals surface area contributed by atoms with E-state index in [9.17, 15) is 9.59 Å². The summed E-state index contributed by atoms with van der Waals surface area (Å²) >= 11 is 0. The number of fused-ring (bicyclic) bond motifs is 5. The van der Waals surface area contributed by atoms with Crippen LogP contribution in [-0.2, 0) is 19.1 Å². The molecule has 2 aliphatic rings. The molecule has 1 fully saturated rings. The van der Waals surface area contributed by atoms with E-state index < -0.39 is 0 Å². The van der Waals surface area contributed by atoms with Gasteiger partial charge in [0.2, 0.25) is 0 Å². The zero-order valence-electron chi connectivity index (χ0n) is 11.0. The van der Waals surface area contributed by atoms with Crippen molar-refractivity contribution in [1.29, 1.82) is 0 Å². The summed E-state index contributed by atoms with van der Waals surface area (Å²) in [5.74, 6) is -0.434. The number of carbonyl (C=O) groups excluding carboxylic acids is 2. The Hall–Kier alpha value is -1.84. The van der Waals surface area contributed by atoms with Crippen molar-refractivity contribution in [2.45, 2.75) is 44.3 Å².